The van der Waals surface area contributed by atoms with Gasteiger partial charge in [-0.25, -0.2) is 4.98 Å². The van der Waals surface area contributed by atoms with Gasteiger partial charge in [-0.2, -0.15) is 0 Å². The van der Waals surface area contributed by atoms with Gasteiger partial charge in [0.1, 0.15) is 10.7 Å². The molecule has 2 aromatic heterocycles. The van der Waals surface area contributed by atoms with E-state index in [1.807, 2.05) is 43.3 Å². The Balaban J connectivity index is 1.33. The highest BCUT2D eigenvalue weighted by molar-refractivity contribution is 7.99. The molecule has 3 aromatic rings. The van der Waals surface area contributed by atoms with Gasteiger partial charge in [-0.3, -0.25) is 9.59 Å². The van der Waals surface area contributed by atoms with Crippen molar-refractivity contribution in [3.05, 3.63) is 61.5 Å². The molecule has 1 unspecified atom stereocenters. The first-order valence-corrected chi connectivity index (χ1v) is 13.1. The molecule has 0 fully saturated rings. The summed E-state index contributed by atoms with van der Waals surface area (Å²) in [5, 5.41) is 4.46. The van der Waals surface area contributed by atoms with Gasteiger partial charge in [0.15, 0.2) is 0 Å². The van der Waals surface area contributed by atoms with Crippen molar-refractivity contribution in [1.82, 2.24) is 20.2 Å². The second kappa shape index (κ2) is 10.4. The maximum atomic E-state index is 12.6. The number of hydrogen-bond donors (Lipinski definition) is 2. The first-order valence-electron chi connectivity index (χ1n) is 10.7. The Bertz CT molecular complexity index is 1170. The number of carbonyl (C=O) groups excluding carboxylic acids is 1. The predicted molar refractivity (Wildman–Crippen MR) is 134 cm³/mol. The molecule has 0 aliphatic heterocycles. The number of aromatic amines is 1. The van der Waals surface area contributed by atoms with Crippen LogP contribution in [0.5, 0.6) is 0 Å². The van der Waals surface area contributed by atoms with Crippen LogP contribution >= 0.6 is 34.7 Å². The van der Waals surface area contributed by atoms with E-state index in [0.717, 1.165) is 35.0 Å². The van der Waals surface area contributed by atoms with Gasteiger partial charge in [-0.15, -0.1) is 23.1 Å². The van der Waals surface area contributed by atoms with Gasteiger partial charge in [0, 0.05) is 16.4 Å². The van der Waals surface area contributed by atoms with Crippen LogP contribution in [-0.2, 0) is 23.4 Å². The Morgan fingerprint density at radius 2 is 2.09 bits per heavy atom. The van der Waals surface area contributed by atoms with Gasteiger partial charge in [0.2, 0.25) is 5.91 Å². The van der Waals surface area contributed by atoms with Gasteiger partial charge in [0.25, 0.3) is 5.56 Å². The summed E-state index contributed by atoms with van der Waals surface area (Å²) < 4.78 is 0. The molecule has 170 valence electrons. The number of thiophene rings is 1. The Kier molecular flexibility index (Phi) is 7.55. The van der Waals surface area contributed by atoms with E-state index >= 15 is 0 Å². The average molecular weight is 491 g/mol. The molecule has 0 saturated carbocycles. The van der Waals surface area contributed by atoms with Crippen LogP contribution in [0.25, 0.3) is 10.2 Å². The molecule has 0 saturated heterocycles. The third kappa shape index (κ3) is 5.20. The second-order valence-electron chi connectivity index (χ2n) is 8.20. The number of fused-ring (bicyclic) bond motifs is 3. The normalized spacial score (nSPS) is 14.5. The third-order valence-electron chi connectivity index (χ3n) is 5.73. The zero-order chi connectivity index (χ0) is 22.7. The summed E-state index contributed by atoms with van der Waals surface area (Å²) in [4.78, 5) is 36.8. The molecule has 2 heterocycles. The minimum Gasteiger partial charge on any atom is -0.353 e. The van der Waals surface area contributed by atoms with Gasteiger partial charge in [0.05, 0.1) is 22.9 Å². The van der Waals surface area contributed by atoms with Crippen molar-refractivity contribution in [3.63, 3.8) is 0 Å². The van der Waals surface area contributed by atoms with E-state index in [4.69, 9.17) is 11.6 Å². The number of halogens is 1. The van der Waals surface area contributed by atoms with E-state index in [-0.39, 0.29) is 17.5 Å². The summed E-state index contributed by atoms with van der Waals surface area (Å²) in [5.41, 5.74) is 2.13. The molecule has 1 aliphatic carbocycles. The maximum Gasteiger partial charge on any atom is 0.259 e. The Hall–Kier alpha value is -1.87. The number of aryl methyl sites for hydroxylation is 2. The highest BCUT2D eigenvalue weighted by Crippen LogP contribution is 2.33. The first-order chi connectivity index (χ1) is 15.4. The van der Waals surface area contributed by atoms with Crippen molar-refractivity contribution in [2.75, 3.05) is 26.4 Å². The number of amides is 1. The highest BCUT2D eigenvalue weighted by Gasteiger charge is 2.20. The maximum absolute atomic E-state index is 12.6. The number of nitrogens with one attached hydrogen (secondary N) is 2. The van der Waals surface area contributed by atoms with Gasteiger partial charge in [-0.05, 0) is 57.0 Å². The van der Waals surface area contributed by atoms with Gasteiger partial charge >= 0.3 is 0 Å². The van der Waals surface area contributed by atoms with Gasteiger partial charge < -0.3 is 15.2 Å². The highest BCUT2D eigenvalue weighted by atomic mass is 35.5. The van der Waals surface area contributed by atoms with E-state index < -0.39 is 0 Å². The zero-order valence-electron chi connectivity index (χ0n) is 18.2. The lowest BCUT2D eigenvalue weighted by Gasteiger charge is -2.26. The molecule has 6 nitrogen and oxygen atoms in total. The van der Waals surface area contributed by atoms with Crippen molar-refractivity contribution in [1.29, 1.82) is 0 Å². The number of nitrogens with zero attached hydrogens (tertiary/aromatic N) is 2. The number of thioether (sulfide) groups is 1. The topological polar surface area (TPSA) is 78.1 Å². The van der Waals surface area contributed by atoms with Crippen LogP contribution in [0.1, 0.15) is 40.7 Å². The number of carbonyl (C=O) groups is 1. The SMILES string of the molecule is CN(C)C(CNC(=O)CSCc1nc2sc3c(c2c(=O)[nH]1)CCCC3)c1ccccc1Cl. The van der Waals surface area contributed by atoms with Crippen LogP contribution in [0.4, 0.5) is 0 Å². The molecule has 1 atom stereocenters. The summed E-state index contributed by atoms with van der Waals surface area (Å²) in [6, 6.07) is 7.68. The van der Waals surface area contributed by atoms with E-state index in [1.54, 1.807) is 11.3 Å². The molecule has 9 heteroatoms. The Labute approximate surface area is 200 Å². The second-order valence-corrected chi connectivity index (χ2v) is 10.7. The minimum atomic E-state index is -0.0528. The van der Waals surface area contributed by atoms with Crippen molar-refractivity contribution in [2.24, 2.45) is 0 Å². The lowest BCUT2D eigenvalue weighted by molar-refractivity contribution is -0.118. The summed E-state index contributed by atoms with van der Waals surface area (Å²) in [6.45, 7) is 0.470. The molecular weight excluding hydrogens is 464 g/mol. The average Bonchev–Trinajstić information content (AvgIpc) is 3.13. The fourth-order valence-electron chi connectivity index (χ4n) is 4.09. The standard InChI is InChI=1S/C23H27ClN4O2S2/c1-28(2)17(14-7-3-5-9-16(14)24)11-25-20(29)13-31-12-19-26-22(30)21-15-8-4-6-10-18(15)32-23(21)27-19/h3,5,7,9,17H,4,6,8,10-13H2,1-2H3,(H,25,29)(H,26,27,30). The lowest BCUT2D eigenvalue weighted by atomic mass is 9.97. The van der Waals surface area contributed by atoms with Crippen LogP contribution < -0.4 is 10.9 Å². The van der Waals surface area contributed by atoms with E-state index in [0.29, 0.717) is 28.9 Å². The fraction of sp³-hybridized carbons (Fsp3) is 0.435. The Morgan fingerprint density at radius 3 is 2.88 bits per heavy atom. The molecule has 0 bridgehead atoms. The molecule has 32 heavy (non-hydrogen) atoms. The van der Waals surface area contributed by atoms with Crippen LogP contribution in [0, 0.1) is 0 Å². The smallest absolute Gasteiger partial charge is 0.259 e. The predicted octanol–water partition coefficient (Wildman–Crippen LogP) is 4.17. The van der Waals surface area contributed by atoms with Crippen molar-refractivity contribution >= 4 is 50.8 Å². The summed E-state index contributed by atoms with van der Waals surface area (Å²) >= 11 is 9.43. The minimum absolute atomic E-state index is 0.0112. The molecule has 4 rings (SSSR count). The molecule has 2 N–H and O–H groups in total. The number of rotatable bonds is 8. The molecule has 1 amide bonds. The fourth-order valence-corrected chi connectivity index (χ4v) is 6.36. The number of aromatic nitrogens is 2. The van der Waals surface area contributed by atoms with Gasteiger partial charge in [-0.1, -0.05) is 29.8 Å². The lowest BCUT2D eigenvalue weighted by Crippen LogP contribution is -2.35. The van der Waals surface area contributed by atoms with E-state index in [2.05, 4.69) is 15.3 Å². The zero-order valence-corrected chi connectivity index (χ0v) is 20.6. The molecule has 1 aromatic carbocycles. The van der Waals surface area contributed by atoms with E-state index in [9.17, 15) is 9.59 Å². The van der Waals surface area contributed by atoms with Crippen molar-refractivity contribution in [3.8, 4) is 0 Å². The molecular formula is C23H27ClN4O2S2. The van der Waals surface area contributed by atoms with Crippen LogP contribution in [0.2, 0.25) is 5.02 Å². The summed E-state index contributed by atoms with van der Waals surface area (Å²) in [5.74, 6) is 1.36. The van der Waals surface area contributed by atoms with Crippen molar-refractivity contribution < 1.29 is 4.79 Å². The number of benzene rings is 1. The molecule has 1 aliphatic rings. The summed E-state index contributed by atoms with van der Waals surface area (Å²) in [7, 11) is 3.94. The largest absolute Gasteiger partial charge is 0.353 e. The molecule has 0 radical (unpaired) electrons. The summed E-state index contributed by atoms with van der Waals surface area (Å²) in [6.07, 6.45) is 4.33. The Morgan fingerprint density at radius 1 is 1.31 bits per heavy atom. The molecule has 0 spiro atoms. The van der Waals surface area contributed by atoms with Crippen LogP contribution in [0.3, 0.4) is 0 Å². The number of hydrogen-bond acceptors (Lipinski definition) is 6. The monoisotopic (exact) mass is 490 g/mol. The van der Waals surface area contributed by atoms with Crippen molar-refractivity contribution in [2.45, 2.75) is 37.5 Å². The van der Waals surface area contributed by atoms with Crippen LogP contribution in [-0.4, -0.2) is 47.2 Å². The number of likely N-dealkylation sites (N-methyl/N-ethyl adjacent to an activating group) is 1. The number of H-pyrrole nitrogens is 1. The third-order valence-corrected chi connectivity index (χ3v) is 8.20. The first kappa shape index (κ1) is 23.3. The quantitative estimate of drug-likeness (QED) is 0.495. The van der Waals surface area contributed by atoms with Crippen LogP contribution in [0.15, 0.2) is 29.1 Å². The van der Waals surface area contributed by atoms with E-state index in [1.165, 1.54) is 28.6 Å².